The molecule has 0 saturated heterocycles. The normalized spacial score (nSPS) is 28.0. The van der Waals surface area contributed by atoms with Crippen LogP contribution in [0, 0.1) is 17.3 Å². The van der Waals surface area contributed by atoms with E-state index < -0.39 is 42.4 Å². The number of hydrogen-bond acceptors (Lipinski definition) is 9. The van der Waals surface area contributed by atoms with E-state index in [1.54, 1.807) is 6.07 Å². The molecule has 0 aliphatic heterocycles. The fourth-order valence-electron chi connectivity index (χ4n) is 7.11. The first-order valence-corrected chi connectivity index (χ1v) is 15.0. The molecule has 0 heterocycles. The molecule has 3 aliphatic carbocycles. The average Bonchev–Trinajstić information content (AvgIpc) is 3.23. The highest BCUT2D eigenvalue weighted by Gasteiger charge is 2.54. The highest BCUT2D eigenvalue weighted by molar-refractivity contribution is 7.99. The molecule has 2 amide bonds. The number of carbonyl (C=O) groups is 4. The Morgan fingerprint density at radius 2 is 1.88 bits per heavy atom. The number of phenolic OH excluding ortho intramolecular Hbond substituents is 2. The number of aliphatic hydroxyl groups is 1. The lowest BCUT2D eigenvalue weighted by molar-refractivity contribution is -0.139. The Hall–Kier alpha value is -3.03. The molecular weight excluding hydrogens is 554 g/mol. The van der Waals surface area contributed by atoms with Gasteiger partial charge < -0.3 is 41.9 Å². The van der Waals surface area contributed by atoms with Gasteiger partial charge in [-0.3, -0.25) is 19.2 Å². The van der Waals surface area contributed by atoms with E-state index in [1.807, 2.05) is 0 Å². The molecule has 2 saturated carbocycles. The van der Waals surface area contributed by atoms with Gasteiger partial charge in [-0.1, -0.05) is 6.92 Å². The molecule has 9 N–H and O–H groups in total. The number of carboxylic acid groups (broad SMARTS) is 2. The summed E-state index contributed by atoms with van der Waals surface area (Å²) in [5, 5.41) is 54.9. The summed E-state index contributed by atoms with van der Waals surface area (Å²) in [7, 11) is 0. The third kappa shape index (κ3) is 6.41. The minimum Gasteiger partial charge on any atom is -0.504 e. The first kappa shape index (κ1) is 30.9. The quantitative estimate of drug-likeness (QED) is 0.135. The number of carboxylic acids is 2. The van der Waals surface area contributed by atoms with Crippen molar-refractivity contribution in [3.05, 3.63) is 17.2 Å². The molecule has 4 rings (SSSR count). The van der Waals surface area contributed by atoms with Gasteiger partial charge in [-0.15, -0.1) is 11.8 Å². The summed E-state index contributed by atoms with van der Waals surface area (Å²) in [6.45, 7) is 1.51. The van der Waals surface area contributed by atoms with Gasteiger partial charge in [-0.25, -0.2) is 0 Å². The number of nitrogens with two attached hydrogens (primary N) is 1. The number of amides is 2. The van der Waals surface area contributed by atoms with Gasteiger partial charge in [0.15, 0.2) is 11.5 Å². The maximum absolute atomic E-state index is 12.8. The number of carbonyl (C=O) groups excluding carboxylic acids is 2. The van der Waals surface area contributed by atoms with Crippen LogP contribution in [0.15, 0.2) is 11.0 Å². The van der Waals surface area contributed by atoms with Gasteiger partial charge in [-0.05, 0) is 85.3 Å². The second-order valence-corrected chi connectivity index (χ2v) is 12.8. The largest absolute Gasteiger partial charge is 0.504 e. The van der Waals surface area contributed by atoms with E-state index in [1.165, 1.54) is 0 Å². The SMILES string of the molecule is C[C@]12CC[C@@H]3c4cc(O)c(O)c(SC[C@@H](NC(=O)CC[C@H](N)C(=O)O)C(=O)NCC(=O)O)c4CC[C@H]3[C@@H]1CC[C@@H]2O. The van der Waals surface area contributed by atoms with Crippen LogP contribution in [0.3, 0.4) is 0 Å². The molecule has 0 bridgehead atoms. The van der Waals surface area contributed by atoms with Crippen molar-refractivity contribution in [2.75, 3.05) is 12.3 Å². The van der Waals surface area contributed by atoms with E-state index in [4.69, 9.17) is 15.9 Å². The molecule has 2 fully saturated rings. The van der Waals surface area contributed by atoms with E-state index in [-0.39, 0.29) is 47.5 Å². The van der Waals surface area contributed by atoms with Crippen molar-refractivity contribution in [2.45, 2.75) is 87.3 Å². The van der Waals surface area contributed by atoms with Gasteiger partial charge in [0, 0.05) is 12.2 Å². The van der Waals surface area contributed by atoms with Crippen LogP contribution in [-0.2, 0) is 25.6 Å². The molecule has 0 aromatic heterocycles. The number of thioether (sulfide) groups is 1. The minimum atomic E-state index is -1.27. The Kier molecular flexibility index (Phi) is 9.39. The minimum absolute atomic E-state index is 0.0768. The first-order chi connectivity index (χ1) is 19.3. The van der Waals surface area contributed by atoms with Gasteiger partial charge in [0.1, 0.15) is 18.6 Å². The van der Waals surface area contributed by atoms with Gasteiger partial charge >= 0.3 is 11.9 Å². The van der Waals surface area contributed by atoms with E-state index in [0.717, 1.165) is 55.0 Å². The van der Waals surface area contributed by atoms with Gasteiger partial charge in [-0.2, -0.15) is 0 Å². The average molecular weight is 594 g/mol. The number of aliphatic carboxylic acids is 2. The maximum Gasteiger partial charge on any atom is 0.322 e. The van der Waals surface area contributed by atoms with Crippen LogP contribution in [-0.4, -0.2) is 79.8 Å². The van der Waals surface area contributed by atoms with Crippen LogP contribution in [0.25, 0.3) is 0 Å². The summed E-state index contributed by atoms with van der Waals surface area (Å²) >= 11 is 1.08. The van der Waals surface area contributed by atoms with Crippen LogP contribution < -0.4 is 16.4 Å². The zero-order chi connectivity index (χ0) is 30.1. The summed E-state index contributed by atoms with van der Waals surface area (Å²) in [6, 6.07) is -0.819. The Balaban J connectivity index is 1.53. The molecule has 12 nitrogen and oxygen atoms in total. The summed E-state index contributed by atoms with van der Waals surface area (Å²) < 4.78 is 0. The molecule has 3 aliphatic rings. The fourth-order valence-corrected chi connectivity index (χ4v) is 8.31. The van der Waals surface area contributed by atoms with Gasteiger partial charge in [0.25, 0.3) is 0 Å². The van der Waals surface area contributed by atoms with Crippen molar-refractivity contribution < 1.29 is 44.7 Å². The predicted molar refractivity (Wildman–Crippen MR) is 149 cm³/mol. The van der Waals surface area contributed by atoms with Crippen LogP contribution in [0.4, 0.5) is 0 Å². The van der Waals surface area contributed by atoms with Crippen molar-refractivity contribution in [3.8, 4) is 11.5 Å². The molecule has 13 heteroatoms. The van der Waals surface area contributed by atoms with Crippen LogP contribution in [0.1, 0.15) is 68.9 Å². The zero-order valence-corrected chi connectivity index (χ0v) is 23.8. The Morgan fingerprint density at radius 3 is 2.56 bits per heavy atom. The standard InChI is InChI=1S/C28H39N3O9S/c1-28-9-8-13-14(17(28)4-6-21(28)33)2-3-15-16(13)10-20(32)24(37)25(15)41-12-19(26(38)30-11-23(35)36)31-22(34)7-5-18(29)27(39)40/h10,13-14,17-19,21,32-33,37H,2-9,11-12,29H2,1H3,(H,30,38)(H,31,34)(H,35,36)(H,39,40)/t13-,14+,17-,18-,19+,21-,28-/m0/s1. The molecule has 0 unspecified atom stereocenters. The van der Waals surface area contributed by atoms with Crippen LogP contribution in [0.2, 0.25) is 0 Å². The maximum atomic E-state index is 12.8. The summed E-state index contributed by atoms with van der Waals surface area (Å²) in [6.07, 6.45) is 4.26. The molecular formula is C28H39N3O9S. The number of aromatic hydroxyl groups is 2. The monoisotopic (exact) mass is 593 g/mol. The third-order valence-electron chi connectivity index (χ3n) is 9.35. The summed E-state index contributed by atoms with van der Waals surface area (Å²) in [4.78, 5) is 47.7. The highest BCUT2D eigenvalue weighted by Crippen LogP contribution is 2.62. The molecule has 1 aromatic carbocycles. The molecule has 226 valence electrons. The number of nitrogens with one attached hydrogen (secondary N) is 2. The van der Waals surface area contributed by atoms with Crippen LogP contribution >= 0.6 is 11.8 Å². The fraction of sp³-hybridized carbons (Fsp3) is 0.643. The van der Waals surface area contributed by atoms with E-state index >= 15 is 0 Å². The van der Waals surface area contributed by atoms with Gasteiger partial charge in [0.2, 0.25) is 11.8 Å². The zero-order valence-electron chi connectivity index (χ0n) is 23.0. The lowest BCUT2D eigenvalue weighted by Gasteiger charge is -2.50. The Bertz CT molecular complexity index is 1210. The molecule has 7 atom stereocenters. The second-order valence-electron chi connectivity index (χ2n) is 11.7. The lowest BCUT2D eigenvalue weighted by Crippen LogP contribution is -2.49. The summed E-state index contributed by atoms with van der Waals surface area (Å²) in [5.41, 5.74) is 7.20. The molecule has 41 heavy (non-hydrogen) atoms. The summed E-state index contributed by atoms with van der Waals surface area (Å²) in [5.74, 6) is -3.68. The first-order valence-electron chi connectivity index (χ1n) is 14.0. The van der Waals surface area contributed by atoms with Crippen LogP contribution in [0.5, 0.6) is 11.5 Å². The Labute approximate surface area is 242 Å². The lowest BCUT2D eigenvalue weighted by atomic mass is 9.55. The predicted octanol–water partition coefficient (Wildman–Crippen LogP) is 1.28. The van der Waals surface area contributed by atoms with E-state index in [2.05, 4.69) is 17.6 Å². The topological polar surface area (TPSA) is 220 Å². The number of benzene rings is 1. The smallest absolute Gasteiger partial charge is 0.322 e. The second kappa shape index (κ2) is 12.5. The number of hydrogen-bond donors (Lipinski definition) is 8. The number of aliphatic hydroxyl groups excluding tert-OH is 1. The third-order valence-corrected chi connectivity index (χ3v) is 10.6. The molecule has 0 spiro atoms. The highest BCUT2D eigenvalue weighted by atomic mass is 32.2. The van der Waals surface area contributed by atoms with Crippen molar-refractivity contribution >= 4 is 35.5 Å². The Morgan fingerprint density at radius 1 is 1.15 bits per heavy atom. The molecule has 0 radical (unpaired) electrons. The van der Waals surface area contributed by atoms with Crippen molar-refractivity contribution in [1.82, 2.24) is 10.6 Å². The number of phenols is 2. The van der Waals surface area contributed by atoms with Gasteiger partial charge in [0.05, 0.1) is 11.0 Å². The van der Waals surface area contributed by atoms with Crippen molar-refractivity contribution in [3.63, 3.8) is 0 Å². The van der Waals surface area contributed by atoms with Crippen molar-refractivity contribution in [2.24, 2.45) is 23.0 Å². The molecule has 1 aromatic rings. The van der Waals surface area contributed by atoms with Crippen molar-refractivity contribution in [1.29, 1.82) is 0 Å². The van der Waals surface area contributed by atoms with E-state index in [0.29, 0.717) is 23.2 Å². The number of fused-ring (bicyclic) bond motifs is 5. The number of rotatable bonds is 11. The van der Waals surface area contributed by atoms with E-state index in [9.17, 15) is 34.5 Å².